The van der Waals surface area contributed by atoms with Gasteiger partial charge in [0.1, 0.15) is 12.4 Å². The summed E-state index contributed by atoms with van der Waals surface area (Å²) >= 11 is 0. The monoisotopic (exact) mass is 199 g/mol. The number of nitrogens with two attached hydrogens (primary N) is 1. The van der Waals surface area contributed by atoms with Gasteiger partial charge in [-0.1, -0.05) is 6.08 Å². The summed E-state index contributed by atoms with van der Waals surface area (Å²) in [6, 6.07) is 0. The highest BCUT2D eigenvalue weighted by atomic mass is 16.5. The SMILES string of the molecule is C/C=C(\C=C/CCCCO)OCCN. The van der Waals surface area contributed by atoms with Gasteiger partial charge in [0.15, 0.2) is 0 Å². The van der Waals surface area contributed by atoms with E-state index in [0.29, 0.717) is 13.2 Å². The Labute approximate surface area is 86.3 Å². The van der Waals surface area contributed by atoms with E-state index in [9.17, 15) is 0 Å². The van der Waals surface area contributed by atoms with E-state index in [-0.39, 0.29) is 6.61 Å². The number of aliphatic hydroxyl groups is 1. The Bertz CT molecular complexity index is 176. The van der Waals surface area contributed by atoms with E-state index in [4.69, 9.17) is 15.6 Å². The van der Waals surface area contributed by atoms with Crippen LogP contribution in [0.2, 0.25) is 0 Å². The Kier molecular flexibility index (Phi) is 9.69. The Morgan fingerprint density at radius 3 is 2.79 bits per heavy atom. The van der Waals surface area contributed by atoms with Crippen molar-refractivity contribution in [3.8, 4) is 0 Å². The molecule has 0 amide bonds. The van der Waals surface area contributed by atoms with Gasteiger partial charge in [-0.3, -0.25) is 0 Å². The number of hydrogen-bond acceptors (Lipinski definition) is 3. The van der Waals surface area contributed by atoms with Gasteiger partial charge in [0.25, 0.3) is 0 Å². The third kappa shape index (κ3) is 7.83. The van der Waals surface area contributed by atoms with Gasteiger partial charge in [0.2, 0.25) is 0 Å². The highest BCUT2D eigenvalue weighted by molar-refractivity contribution is 5.10. The van der Waals surface area contributed by atoms with Crippen molar-refractivity contribution in [2.75, 3.05) is 19.8 Å². The van der Waals surface area contributed by atoms with Crippen LogP contribution >= 0.6 is 0 Å². The zero-order chi connectivity index (χ0) is 10.6. The smallest absolute Gasteiger partial charge is 0.114 e. The molecule has 0 saturated carbocycles. The van der Waals surface area contributed by atoms with Crippen LogP contribution in [0.25, 0.3) is 0 Å². The van der Waals surface area contributed by atoms with Crippen LogP contribution in [-0.4, -0.2) is 24.9 Å². The van der Waals surface area contributed by atoms with Crippen LogP contribution in [0.4, 0.5) is 0 Å². The average molecular weight is 199 g/mol. The summed E-state index contributed by atoms with van der Waals surface area (Å²) in [5.74, 6) is 0.861. The van der Waals surface area contributed by atoms with E-state index < -0.39 is 0 Å². The summed E-state index contributed by atoms with van der Waals surface area (Å²) in [5.41, 5.74) is 5.32. The fraction of sp³-hybridized carbons (Fsp3) is 0.636. The molecule has 3 N–H and O–H groups in total. The molecule has 0 heterocycles. The van der Waals surface area contributed by atoms with Gasteiger partial charge in [-0.25, -0.2) is 0 Å². The molecular weight excluding hydrogens is 178 g/mol. The Morgan fingerprint density at radius 1 is 1.43 bits per heavy atom. The predicted molar refractivity (Wildman–Crippen MR) is 58.8 cm³/mol. The van der Waals surface area contributed by atoms with E-state index >= 15 is 0 Å². The molecule has 0 bridgehead atoms. The molecule has 0 aliphatic heterocycles. The maximum Gasteiger partial charge on any atom is 0.114 e. The minimum absolute atomic E-state index is 0.272. The van der Waals surface area contributed by atoms with Crippen molar-refractivity contribution in [1.29, 1.82) is 0 Å². The number of hydrogen-bond donors (Lipinski definition) is 2. The molecule has 0 radical (unpaired) electrons. The third-order valence-corrected chi connectivity index (χ3v) is 1.73. The molecule has 3 nitrogen and oxygen atoms in total. The lowest BCUT2D eigenvalue weighted by Gasteiger charge is -2.03. The lowest BCUT2D eigenvalue weighted by molar-refractivity contribution is 0.233. The standard InChI is InChI=1S/C11H21NO2/c1-2-11(14-10-8-12)7-5-3-4-6-9-13/h2,5,7,13H,3-4,6,8-10,12H2,1H3/b7-5-,11-2+. The maximum absolute atomic E-state index is 8.56. The molecule has 82 valence electrons. The molecule has 0 saturated heterocycles. The second-order valence-electron chi connectivity index (χ2n) is 2.95. The normalized spacial score (nSPS) is 12.4. The van der Waals surface area contributed by atoms with Crippen LogP contribution in [0, 0.1) is 0 Å². The van der Waals surface area contributed by atoms with E-state index in [2.05, 4.69) is 6.08 Å². The molecular formula is C11H21NO2. The molecule has 0 aromatic rings. The van der Waals surface area contributed by atoms with Gasteiger partial charge < -0.3 is 15.6 Å². The first-order chi connectivity index (χ1) is 6.85. The van der Waals surface area contributed by atoms with Crippen molar-refractivity contribution >= 4 is 0 Å². The highest BCUT2D eigenvalue weighted by Crippen LogP contribution is 2.02. The van der Waals surface area contributed by atoms with Gasteiger partial charge >= 0.3 is 0 Å². The van der Waals surface area contributed by atoms with Crippen molar-refractivity contribution in [2.24, 2.45) is 5.73 Å². The molecule has 0 spiro atoms. The van der Waals surface area contributed by atoms with Gasteiger partial charge in [-0.05, 0) is 38.3 Å². The topological polar surface area (TPSA) is 55.5 Å². The molecule has 0 rings (SSSR count). The summed E-state index contributed by atoms with van der Waals surface area (Å²) in [6.07, 6.45) is 8.77. The quantitative estimate of drug-likeness (QED) is 0.354. The zero-order valence-corrected chi connectivity index (χ0v) is 8.91. The van der Waals surface area contributed by atoms with Crippen LogP contribution in [0.15, 0.2) is 24.0 Å². The Morgan fingerprint density at radius 2 is 2.21 bits per heavy atom. The second-order valence-corrected chi connectivity index (χ2v) is 2.95. The zero-order valence-electron chi connectivity index (χ0n) is 8.91. The lowest BCUT2D eigenvalue weighted by Crippen LogP contribution is -2.07. The fourth-order valence-corrected chi connectivity index (χ4v) is 0.978. The Hall–Kier alpha value is -0.800. The van der Waals surface area contributed by atoms with Crippen molar-refractivity contribution in [3.63, 3.8) is 0 Å². The van der Waals surface area contributed by atoms with Crippen molar-refractivity contribution < 1.29 is 9.84 Å². The number of rotatable bonds is 8. The van der Waals surface area contributed by atoms with E-state index in [1.54, 1.807) is 0 Å². The summed E-state index contributed by atoms with van der Waals surface area (Å²) in [4.78, 5) is 0. The van der Waals surface area contributed by atoms with Gasteiger partial charge in [-0.2, -0.15) is 0 Å². The largest absolute Gasteiger partial charge is 0.493 e. The molecule has 0 unspecified atom stereocenters. The van der Waals surface area contributed by atoms with E-state index in [1.807, 2.05) is 19.1 Å². The predicted octanol–water partition coefficient (Wildman–Crippen LogP) is 1.58. The van der Waals surface area contributed by atoms with Crippen molar-refractivity contribution in [3.05, 3.63) is 24.0 Å². The fourth-order valence-electron chi connectivity index (χ4n) is 0.978. The molecule has 0 atom stereocenters. The van der Waals surface area contributed by atoms with Crippen LogP contribution in [0.1, 0.15) is 26.2 Å². The van der Waals surface area contributed by atoms with Crippen LogP contribution in [0.3, 0.4) is 0 Å². The minimum atomic E-state index is 0.272. The summed E-state index contributed by atoms with van der Waals surface area (Å²) < 4.78 is 5.35. The summed E-state index contributed by atoms with van der Waals surface area (Å²) in [7, 11) is 0. The lowest BCUT2D eigenvalue weighted by atomic mass is 10.2. The maximum atomic E-state index is 8.56. The first kappa shape index (κ1) is 13.2. The van der Waals surface area contributed by atoms with Crippen LogP contribution in [-0.2, 0) is 4.74 Å². The second kappa shape index (κ2) is 10.3. The minimum Gasteiger partial charge on any atom is -0.493 e. The molecule has 0 aliphatic rings. The molecule has 14 heavy (non-hydrogen) atoms. The van der Waals surface area contributed by atoms with Gasteiger partial charge in [0.05, 0.1) is 0 Å². The van der Waals surface area contributed by atoms with Gasteiger partial charge in [-0.15, -0.1) is 0 Å². The van der Waals surface area contributed by atoms with Crippen LogP contribution < -0.4 is 5.73 Å². The van der Waals surface area contributed by atoms with Crippen LogP contribution in [0.5, 0.6) is 0 Å². The third-order valence-electron chi connectivity index (χ3n) is 1.73. The van der Waals surface area contributed by atoms with E-state index in [0.717, 1.165) is 25.0 Å². The summed E-state index contributed by atoms with van der Waals surface area (Å²) in [5, 5.41) is 8.56. The number of allylic oxidation sites excluding steroid dienone is 3. The molecule has 0 aromatic heterocycles. The molecule has 3 heteroatoms. The van der Waals surface area contributed by atoms with Crippen molar-refractivity contribution in [1.82, 2.24) is 0 Å². The first-order valence-corrected chi connectivity index (χ1v) is 5.11. The Balaban J connectivity index is 3.59. The molecule has 0 aliphatic carbocycles. The highest BCUT2D eigenvalue weighted by Gasteiger charge is 1.89. The first-order valence-electron chi connectivity index (χ1n) is 5.11. The molecule has 0 fully saturated rings. The summed E-state index contributed by atoms with van der Waals surface area (Å²) in [6.45, 7) is 3.30. The average Bonchev–Trinajstić information content (AvgIpc) is 2.22. The number of ether oxygens (including phenoxy) is 1. The van der Waals surface area contributed by atoms with Gasteiger partial charge in [0, 0.05) is 13.2 Å². The van der Waals surface area contributed by atoms with Crippen molar-refractivity contribution in [2.45, 2.75) is 26.2 Å². The molecule has 0 aromatic carbocycles. The van der Waals surface area contributed by atoms with E-state index in [1.165, 1.54) is 0 Å². The number of unbranched alkanes of at least 4 members (excludes halogenated alkanes) is 2. The number of aliphatic hydroxyl groups excluding tert-OH is 1.